The molecule has 5 aliphatic rings. The molecule has 1 aliphatic carbocycles. The molecule has 0 aromatic heterocycles. The van der Waals surface area contributed by atoms with Crippen molar-refractivity contribution in [1.82, 2.24) is 24.7 Å². The van der Waals surface area contributed by atoms with Crippen LogP contribution in [0.3, 0.4) is 0 Å². The summed E-state index contributed by atoms with van der Waals surface area (Å²) in [5.74, 6) is 0. The van der Waals surface area contributed by atoms with E-state index in [4.69, 9.17) is 0 Å². The molecule has 4 heterocycles. The van der Waals surface area contributed by atoms with Crippen LogP contribution in [0.4, 0.5) is 0 Å². The molecule has 25 heavy (non-hydrogen) atoms. The Morgan fingerprint density at radius 3 is 1.96 bits per heavy atom. The van der Waals surface area contributed by atoms with Crippen LogP contribution in [0.2, 0.25) is 0 Å². The van der Waals surface area contributed by atoms with Crippen LogP contribution in [0.1, 0.15) is 32.1 Å². The zero-order valence-corrected chi connectivity index (χ0v) is 15.7. The van der Waals surface area contributed by atoms with E-state index in [0.717, 1.165) is 13.3 Å². The highest BCUT2D eigenvalue weighted by atomic mass is 32.2. The molecule has 7 nitrogen and oxygen atoms in total. The molecule has 0 radical (unpaired) electrons. The van der Waals surface area contributed by atoms with Crippen molar-refractivity contribution in [2.75, 3.05) is 13.3 Å². The summed E-state index contributed by atoms with van der Waals surface area (Å²) in [7, 11) is 0. The van der Waals surface area contributed by atoms with E-state index in [1.807, 2.05) is 46.2 Å². The van der Waals surface area contributed by atoms with E-state index in [1.165, 1.54) is 32.1 Å². The smallest absolute Gasteiger partial charge is 0.176 e. The van der Waals surface area contributed by atoms with Crippen LogP contribution >= 0.6 is 23.5 Å². The second-order valence-corrected chi connectivity index (χ2v) is 8.84. The van der Waals surface area contributed by atoms with Gasteiger partial charge in [0.2, 0.25) is 0 Å². The third kappa shape index (κ3) is 3.02. The highest BCUT2D eigenvalue weighted by Gasteiger charge is 2.36. The Labute approximate surface area is 157 Å². The van der Waals surface area contributed by atoms with Gasteiger partial charge in [-0.25, -0.2) is 10.0 Å². The normalized spacial score (nSPS) is 30.4. The van der Waals surface area contributed by atoms with Crippen molar-refractivity contribution in [2.45, 2.75) is 49.1 Å². The largest absolute Gasteiger partial charge is 0.317 e. The quantitative estimate of drug-likeness (QED) is 0.729. The van der Waals surface area contributed by atoms with Gasteiger partial charge in [0.25, 0.3) is 0 Å². The standard InChI is InChI=1S/C16H23N7S2/c1-2-4-14(5-3-1)21(12-19-10-17-22-6-8-24-15(19)22)13-20-11-18-23-7-9-25-16(20)23/h6-11,14-16H,1-5,12-13H2. The van der Waals surface area contributed by atoms with Crippen molar-refractivity contribution in [3.05, 3.63) is 23.2 Å². The van der Waals surface area contributed by atoms with Crippen LogP contribution in [0, 0.1) is 0 Å². The van der Waals surface area contributed by atoms with Gasteiger partial charge >= 0.3 is 0 Å². The Morgan fingerprint density at radius 1 is 0.840 bits per heavy atom. The van der Waals surface area contributed by atoms with E-state index in [-0.39, 0.29) is 11.0 Å². The lowest BCUT2D eigenvalue weighted by molar-refractivity contribution is 0.0522. The van der Waals surface area contributed by atoms with Gasteiger partial charge in [-0.3, -0.25) is 4.90 Å². The first-order chi connectivity index (χ1) is 12.4. The van der Waals surface area contributed by atoms with E-state index in [2.05, 4.69) is 48.1 Å². The van der Waals surface area contributed by atoms with Gasteiger partial charge in [-0.2, -0.15) is 10.2 Å². The summed E-state index contributed by atoms with van der Waals surface area (Å²) in [6.45, 7) is 1.83. The third-order valence-corrected chi connectivity index (χ3v) is 7.31. The molecule has 134 valence electrons. The van der Waals surface area contributed by atoms with Crippen LogP contribution in [0.25, 0.3) is 0 Å². The molecule has 0 amide bonds. The fourth-order valence-electron chi connectivity index (χ4n) is 3.98. The highest BCUT2D eigenvalue weighted by Crippen LogP contribution is 2.34. The first-order valence-corrected chi connectivity index (χ1v) is 10.8. The van der Waals surface area contributed by atoms with Crippen molar-refractivity contribution in [2.24, 2.45) is 10.2 Å². The molecule has 1 saturated carbocycles. The maximum atomic E-state index is 4.50. The van der Waals surface area contributed by atoms with Gasteiger partial charge in [-0.05, 0) is 23.7 Å². The van der Waals surface area contributed by atoms with Crippen molar-refractivity contribution in [1.29, 1.82) is 0 Å². The summed E-state index contributed by atoms with van der Waals surface area (Å²) in [5.41, 5.74) is 0.578. The van der Waals surface area contributed by atoms with Gasteiger partial charge in [-0.15, -0.1) is 0 Å². The van der Waals surface area contributed by atoms with Crippen molar-refractivity contribution in [3.63, 3.8) is 0 Å². The van der Waals surface area contributed by atoms with Crippen LogP contribution in [-0.2, 0) is 0 Å². The summed E-state index contributed by atoms with van der Waals surface area (Å²) < 4.78 is 0. The lowest BCUT2D eigenvalue weighted by atomic mass is 9.94. The second-order valence-electron chi connectivity index (χ2n) is 6.91. The van der Waals surface area contributed by atoms with Gasteiger partial charge in [0.15, 0.2) is 11.0 Å². The average Bonchev–Trinajstić information content (AvgIpc) is 3.39. The molecule has 4 aliphatic heterocycles. The molecular formula is C16H23N7S2. The first-order valence-electron chi connectivity index (χ1n) is 8.93. The number of hydrogen-bond acceptors (Lipinski definition) is 9. The fraction of sp³-hybridized carbons (Fsp3) is 0.625. The zero-order valence-electron chi connectivity index (χ0n) is 14.1. The molecule has 0 N–H and O–H groups in total. The first kappa shape index (κ1) is 15.9. The van der Waals surface area contributed by atoms with Crippen molar-refractivity contribution >= 4 is 36.2 Å². The third-order valence-electron chi connectivity index (χ3n) is 5.30. The molecular weight excluding hydrogens is 354 g/mol. The molecule has 0 bridgehead atoms. The Hall–Kier alpha value is -1.32. The Morgan fingerprint density at radius 2 is 1.40 bits per heavy atom. The van der Waals surface area contributed by atoms with E-state index in [0.29, 0.717) is 6.04 Å². The molecule has 2 unspecified atom stereocenters. The highest BCUT2D eigenvalue weighted by molar-refractivity contribution is 8.03. The van der Waals surface area contributed by atoms with E-state index < -0.39 is 0 Å². The minimum absolute atomic E-state index is 0.289. The van der Waals surface area contributed by atoms with Gasteiger partial charge in [0.05, 0.1) is 13.3 Å². The minimum atomic E-state index is 0.289. The molecule has 5 rings (SSSR count). The lowest BCUT2D eigenvalue weighted by Gasteiger charge is -2.40. The number of hydrogen-bond donors (Lipinski definition) is 0. The van der Waals surface area contributed by atoms with Gasteiger partial charge in [0.1, 0.15) is 12.7 Å². The van der Waals surface area contributed by atoms with E-state index >= 15 is 0 Å². The topological polar surface area (TPSA) is 40.9 Å². The summed E-state index contributed by atoms with van der Waals surface area (Å²) in [6.07, 6.45) is 14.8. The molecule has 0 aromatic rings. The number of rotatable bonds is 5. The van der Waals surface area contributed by atoms with Gasteiger partial charge < -0.3 is 9.80 Å². The summed E-state index contributed by atoms with van der Waals surface area (Å²) in [6, 6.07) is 0.650. The zero-order chi connectivity index (χ0) is 16.6. The summed E-state index contributed by atoms with van der Waals surface area (Å²) >= 11 is 3.65. The van der Waals surface area contributed by atoms with Crippen molar-refractivity contribution < 1.29 is 0 Å². The van der Waals surface area contributed by atoms with Gasteiger partial charge in [0, 0.05) is 18.4 Å². The van der Waals surface area contributed by atoms with Crippen LogP contribution in [0.15, 0.2) is 33.4 Å². The van der Waals surface area contributed by atoms with Crippen LogP contribution in [0.5, 0.6) is 0 Å². The molecule has 0 saturated heterocycles. The van der Waals surface area contributed by atoms with Crippen LogP contribution < -0.4 is 0 Å². The SMILES string of the molecule is C1=CN2N=CN(CN(CN3C=NN4C=CSC34)C3CCCCC3)C2S1. The Balaban J connectivity index is 1.29. The number of thioether (sulfide) groups is 2. The number of nitrogens with zero attached hydrogens (tertiary/aromatic N) is 7. The van der Waals surface area contributed by atoms with E-state index in [1.54, 1.807) is 0 Å². The number of hydrazone groups is 2. The predicted octanol–water partition coefficient (Wildman–Crippen LogP) is 2.66. The van der Waals surface area contributed by atoms with Gasteiger partial charge in [-0.1, -0.05) is 42.8 Å². The van der Waals surface area contributed by atoms with Crippen LogP contribution in [-0.4, -0.2) is 67.8 Å². The Bertz CT molecular complexity index is 572. The predicted molar refractivity (Wildman–Crippen MR) is 104 cm³/mol. The molecule has 1 fully saturated rings. The minimum Gasteiger partial charge on any atom is -0.317 e. The second kappa shape index (κ2) is 6.77. The molecule has 0 spiro atoms. The maximum absolute atomic E-state index is 4.50. The molecule has 0 aromatic carbocycles. The molecule has 9 heteroatoms. The lowest BCUT2D eigenvalue weighted by Crippen LogP contribution is -2.51. The average molecular weight is 378 g/mol. The maximum Gasteiger partial charge on any atom is 0.176 e. The monoisotopic (exact) mass is 377 g/mol. The van der Waals surface area contributed by atoms with Crippen molar-refractivity contribution in [3.8, 4) is 0 Å². The summed E-state index contributed by atoms with van der Waals surface area (Å²) in [5, 5.41) is 17.3. The fourth-order valence-corrected chi connectivity index (χ4v) is 5.70. The summed E-state index contributed by atoms with van der Waals surface area (Å²) in [4.78, 5) is 7.33. The Kier molecular flexibility index (Phi) is 4.31. The number of fused-ring (bicyclic) bond motifs is 2. The van der Waals surface area contributed by atoms with E-state index in [9.17, 15) is 0 Å². The molecule has 2 atom stereocenters.